The van der Waals surface area contributed by atoms with Gasteiger partial charge in [-0.2, -0.15) is 0 Å². The highest BCUT2D eigenvalue weighted by molar-refractivity contribution is 5.91. The lowest BCUT2D eigenvalue weighted by Gasteiger charge is -2.43. The van der Waals surface area contributed by atoms with Gasteiger partial charge in [0.2, 0.25) is 0 Å². The molecule has 18 heavy (non-hydrogen) atoms. The van der Waals surface area contributed by atoms with E-state index in [-0.39, 0.29) is 11.5 Å². The fourth-order valence-electron chi connectivity index (χ4n) is 2.45. The molecule has 0 saturated carbocycles. The van der Waals surface area contributed by atoms with Crippen molar-refractivity contribution < 1.29 is 4.74 Å². The second kappa shape index (κ2) is 4.27. The van der Waals surface area contributed by atoms with Crippen molar-refractivity contribution in [3.05, 3.63) is 41.5 Å². The molecule has 1 aliphatic heterocycles. The molecule has 2 rings (SSSR count). The van der Waals surface area contributed by atoms with Crippen LogP contribution in [0.2, 0.25) is 0 Å². The summed E-state index contributed by atoms with van der Waals surface area (Å²) in [5.74, 6) is 0.808. The van der Waals surface area contributed by atoms with Gasteiger partial charge in [-0.25, -0.2) is 4.99 Å². The minimum atomic E-state index is -0.0501. The van der Waals surface area contributed by atoms with Crippen molar-refractivity contribution in [2.75, 3.05) is 0 Å². The summed E-state index contributed by atoms with van der Waals surface area (Å²) in [5.41, 5.74) is 4.65. The lowest BCUT2D eigenvalue weighted by atomic mass is 9.81. The van der Waals surface area contributed by atoms with Gasteiger partial charge in [-0.15, -0.1) is 0 Å². The predicted molar refractivity (Wildman–Crippen MR) is 76.6 cm³/mol. The minimum absolute atomic E-state index is 0.0501. The van der Waals surface area contributed by atoms with Crippen LogP contribution in [0, 0.1) is 26.2 Å². The molecule has 1 atom stereocenters. The largest absolute Gasteiger partial charge is 0.472 e. The van der Waals surface area contributed by atoms with Gasteiger partial charge in [-0.1, -0.05) is 30.4 Å². The molecular formula is C16H21NO. The number of nitrogens with zero attached hydrogens (tertiary/aromatic N) is 1. The van der Waals surface area contributed by atoms with E-state index >= 15 is 0 Å². The van der Waals surface area contributed by atoms with Crippen LogP contribution in [0.25, 0.3) is 0 Å². The number of benzene rings is 1. The van der Waals surface area contributed by atoms with E-state index in [1.54, 1.807) is 0 Å². The van der Waals surface area contributed by atoms with Gasteiger partial charge < -0.3 is 4.74 Å². The van der Waals surface area contributed by atoms with E-state index in [1.807, 2.05) is 6.08 Å². The second-order valence-electron chi connectivity index (χ2n) is 5.66. The number of aliphatic imine (C=N–C) groups is 1. The van der Waals surface area contributed by atoms with Crippen molar-refractivity contribution in [3.8, 4) is 0 Å². The highest BCUT2D eigenvalue weighted by atomic mass is 16.5. The van der Waals surface area contributed by atoms with E-state index in [0.29, 0.717) is 0 Å². The zero-order valence-corrected chi connectivity index (χ0v) is 11.9. The van der Waals surface area contributed by atoms with E-state index < -0.39 is 0 Å². The Balaban J connectivity index is 2.39. The zero-order valence-electron chi connectivity index (χ0n) is 11.9. The Morgan fingerprint density at radius 3 is 2.22 bits per heavy atom. The number of hydrogen-bond donors (Lipinski definition) is 0. The Kier molecular flexibility index (Phi) is 3.05. The first kappa shape index (κ1) is 12.9. The standard InChI is InChI=1S/C16H21NO/c1-7-13-16(5,6)15(18-13)17-14-11(3)8-10(2)9-12(14)4/h7-9,13H,1H2,2-6H3. The van der Waals surface area contributed by atoms with Crippen LogP contribution < -0.4 is 0 Å². The molecule has 1 fully saturated rings. The van der Waals surface area contributed by atoms with Gasteiger partial charge in [-0.3, -0.25) is 0 Å². The van der Waals surface area contributed by atoms with E-state index in [1.165, 1.54) is 16.7 Å². The van der Waals surface area contributed by atoms with Gasteiger partial charge in [0.05, 0.1) is 11.1 Å². The first-order valence-corrected chi connectivity index (χ1v) is 6.32. The summed E-state index contributed by atoms with van der Waals surface area (Å²) in [6.45, 7) is 14.4. The second-order valence-corrected chi connectivity index (χ2v) is 5.66. The normalized spacial score (nSPS) is 23.4. The van der Waals surface area contributed by atoms with Crippen LogP contribution in [-0.2, 0) is 4.74 Å². The molecule has 96 valence electrons. The molecule has 2 heteroatoms. The van der Waals surface area contributed by atoms with Crippen LogP contribution in [0.4, 0.5) is 5.69 Å². The Labute approximate surface area is 109 Å². The van der Waals surface area contributed by atoms with Crippen LogP contribution in [0.15, 0.2) is 29.8 Å². The fourth-order valence-corrected chi connectivity index (χ4v) is 2.45. The van der Waals surface area contributed by atoms with Crippen molar-refractivity contribution in [1.29, 1.82) is 0 Å². The summed E-state index contributed by atoms with van der Waals surface area (Å²) >= 11 is 0. The topological polar surface area (TPSA) is 21.6 Å². The van der Waals surface area contributed by atoms with Crippen LogP contribution in [0.5, 0.6) is 0 Å². The number of ether oxygens (including phenoxy) is 1. The molecule has 1 saturated heterocycles. The molecule has 0 N–H and O–H groups in total. The summed E-state index contributed by atoms with van der Waals surface area (Å²) in [4.78, 5) is 4.70. The van der Waals surface area contributed by atoms with Gasteiger partial charge >= 0.3 is 0 Å². The minimum Gasteiger partial charge on any atom is -0.472 e. The van der Waals surface area contributed by atoms with E-state index in [0.717, 1.165) is 11.6 Å². The molecule has 0 amide bonds. The van der Waals surface area contributed by atoms with E-state index in [2.05, 4.69) is 53.3 Å². The third-order valence-electron chi connectivity index (χ3n) is 3.56. The quantitative estimate of drug-likeness (QED) is 0.711. The Morgan fingerprint density at radius 1 is 1.22 bits per heavy atom. The van der Waals surface area contributed by atoms with Crippen molar-refractivity contribution in [1.82, 2.24) is 0 Å². The Morgan fingerprint density at radius 2 is 1.78 bits per heavy atom. The van der Waals surface area contributed by atoms with Crippen LogP contribution >= 0.6 is 0 Å². The lowest BCUT2D eigenvalue weighted by Crippen LogP contribution is -2.51. The van der Waals surface area contributed by atoms with Crippen molar-refractivity contribution in [3.63, 3.8) is 0 Å². The van der Waals surface area contributed by atoms with Gasteiger partial charge in [-0.05, 0) is 45.7 Å². The SMILES string of the molecule is C=CC1OC(=Nc2c(C)cc(C)cc2C)C1(C)C. The molecular weight excluding hydrogens is 222 g/mol. The molecule has 1 aliphatic rings. The molecule has 2 nitrogen and oxygen atoms in total. The van der Waals surface area contributed by atoms with Crippen LogP contribution in [0.3, 0.4) is 0 Å². The predicted octanol–water partition coefficient (Wildman–Crippen LogP) is 4.25. The summed E-state index contributed by atoms with van der Waals surface area (Å²) in [7, 11) is 0. The monoisotopic (exact) mass is 243 g/mol. The maximum atomic E-state index is 5.68. The average molecular weight is 243 g/mol. The zero-order chi connectivity index (χ0) is 13.5. The smallest absolute Gasteiger partial charge is 0.199 e. The number of hydrogen-bond acceptors (Lipinski definition) is 2. The Hall–Kier alpha value is -1.57. The summed E-state index contributed by atoms with van der Waals surface area (Å²) < 4.78 is 5.68. The molecule has 1 aromatic carbocycles. The molecule has 0 aromatic heterocycles. The van der Waals surface area contributed by atoms with Crippen molar-refractivity contribution in [2.45, 2.75) is 40.7 Å². The van der Waals surface area contributed by atoms with E-state index in [9.17, 15) is 0 Å². The lowest BCUT2D eigenvalue weighted by molar-refractivity contribution is 0.0404. The molecule has 0 bridgehead atoms. The van der Waals surface area contributed by atoms with Gasteiger partial charge in [0.15, 0.2) is 5.90 Å². The molecule has 1 aromatic rings. The number of rotatable bonds is 2. The van der Waals surface area contributed by atoms with Crippen molar-refractivity contribution >= 4 is 11.6 Å². The maximum Gasteiger partial charge on any atom is 0.199 e. The first-order valence-electron chi connectivity index (χ1n) is 6.32. The third-order valence-corrected chi connectivity index (χ3v) is 3.56. The first-order chi connectivity index (χ1) is 8.36. The fraction of sp³-hybridized carbons (Fsp3) is 0.438. The highest BCUT2D eigenvalue weighted by Crippen LogP contribution is 2.39. The third kappa shape index (κ3) is 1.96. The molecule has 1 heterocycles. The molecule has 0 aliphatic carbocycles. The van der Waals surface area contributed by atoms with Crippen LogP contribution in [-0.4, -0.2) is 12.0 Å². The highest BCUT2D eigenvalue weighted by Gasteiger charge is 2.46. The van der Waals surface area contributed by atoms with Crippen LogP contribution in [0.1, 0.15) is 30.5 Å². The molecule has 0 radical (unpaired) electrons. The molecule has 0 spiro atoms. The summed E-state index contributed by atoms with van der Waals surface area (Å²) in [5, 5.41) is 0. The summed E-state index contributed by atoms with van der Waals surface area (Å²) in [6, 6.07) is 4.31. The average Bonchev–Trinajstić information content (AvgIpc) is 2.25. The van der Waals surface area contributed by atoms with Gasteiger partial charge in [0.25, 0.3) is 0 Å². The summed E-state index contributed by atoms with van der Waals surface area (Å²) in [6.07, 6.45) is 1.91. The van der Waals surface area contributed by atoms with E-state index in [4.69, 9.17) is 9.73 Å². The van der Waals surface area contributed by atoms with Gasteiger partial charge in [0, 0.05) is 0 Å². The van der Waals surface area contributed by atoms with Crippen molar-refractivity contribution in [2.24, 2.45) is 10.4 Å². The maximum absolute atomic E-state index is 5.68. The Bertz CT molecular complexity index is 503. The number of aryl methyl sites for hydroxylation is 3. The molecule has 1 unspecified atom stereocenters. The van der Waals surface area contributed by atoms with Gasteiger partial charge in [0.1, 0.15) is 6.10 Å².